The molecule has 0 aromatic heterocycles. The Labute approximate surface area is 226 Å². The SMILES string of the molecule is CC(C)(C)[O][Zr]([O]C(C)(C)C)([O]C(C)(C)C)[O][Si](c1ccccc1)(c1ccccc1)c1ccccc1. The summed E-state index contributed by atoms with van der Waals surface area (Å²) in [4.78, 5) is 0. The van der Waals surface area contributed by atoms with Crippen LogP contribution in [0.5, 0.6) is 0 Å². The Bertz CT molecular complexity index is 948. The minimum absolute atomic E-state index is 0.531. The van der Waals surface area contributed by atoms with Crippen molar-refractivity contribution in [2.75, 3.05) is 0 Å². The standard InChI is InChI=1S/C18H15OSi.3C4H9O.Zr/c19-20(16-10-4-1-5-11-16,17-12-6-2-7-13-17)18-14-8-3-9-15-18;3*1-4(2,3)5;/h1-15H;3*1-3H3;/q4*-1;+4. The summed E-state index contributed by atoms with van der Waals surface area (Å²) >= 11 is -4.87. The van der Waals surface area contributed by atoms with E-state index in [2.05, 4.69) is 72.8 Å². The maximum absolute atomic E-state index is 7.59. The van der Waals surface area contributed by atoms with Crippen molar-refractivity contribution in [3.05, 3.63) is 91.0 Å². The van der Waals surface area contributed by atoms with Crippen LogP contribution in [-0.2, 0) is 33.0 Å². The van der Waals surface area contributed by atoms with Crippen LogP contribution in [0.25, 0.3) is 0 Å². The molecule has 0 saturated heterocycles. The molecular weight excluding hydrogens is 544 g/mol. The number of hydrogen-bond donors (Lipinski definition) is 0. The van der Waals surface area contributed by atoms with E-state index >= 15 is 0 Å². The molecule has 0 atom stereocenters. The third-order valence-corrected chi connectivity index (χ3v) is 19.6. The van der Waals surface area contributed by atoms with Gasteiger partial charge in [-0.25, -0.2) is 0 Å². The Morgan fingerprint density at radius 1 is 0.444 bits per heavy atom. The van der Waals surface area contributed by atoms with Crippen LogP contribution in [0.2, 0.25) is 0 Å². The molecular formula is C30H42O4SiZr. The Kier molecular flexibility index (Phi) is 9.03. The summed E-state index contributed by atoms with van der Waals surface area (Å²) in [6, 6.07) is 31.5. The second-order valence-corrected chi connectivity index (χ2v) is 20.8. The van der Waals surface area contributed by atoms with Gasteiger partial charge in [0.2, 0.25) is 0 Å². The van der Waals surface area contributed by atoms with Gasteiger partial charge < -0.3 is 0 Å². The molecule has 0 unspecified atom stereocenters. The Morgan fingerprint density at radius 3 is 0.917 bits per heavy atom. The summed E-state index contributed by atoms with van der Waals surface area (Å²) in [5, 5.41) is 3.36. The molecule has 0 amide bonds. The molecule has 0 aliphatic rings. The van der Waals surface area contributed by atoms with Crippen LogP contribution in [0.3, 0.4) is 0 Å². The molecule has 4 nitrogen and oxygen atoms in total. The quantitative estimate of drug-likeness (QED) is 0.243. The molecule has 6 heteroatoms. The van der Waals surface area contributed by atoms with Crippen LogP contribution >= 0.6 is 0 Å². The fraction of sp³-hybridized carbons (Fsp3) is 0.400. The molecule has 3 aromatic carbocycles. The van der Waals surface area contributed by atoms with Gasteiger partial charge in [0.15, 0.2) is 0 Å². The Balaban J connectivity index is 2.40. The van der Waals surface area contributed by atoms with Crippen molar-refractivity contribution in [3.63, 3.8) is 0 Å². The van der Waals surface area contributed by atoms with E-state index in [4.69, 9.17) is 10.9 Å². The average molecular weight is 586 g/mol. The molecule has 0 heterocycles. The first kappa shape index (κ1) is 29.2. The van der Waals surface area contributed by atoms with Gasteiger partial charge in [-0.2, -0.15) is 0 Å². The van der Waals surface area contributed by atoms with E-state index in [9.17, 15) is 0 Å². The first-order valence-electron chi connectivity index (χ1n) is 12.6. The molecule has 0 saturated carbocycles. The molecule has 0 N–H and O–H groups in total. The molecule has 0 aliphatic heterocycles. The van der Waals surface area contributed by atoms with Gasteiger partial charge in [-0.3, -0.25) is 0 Å². The van der Waals surface area contributed by atoms with Crippen LogP contribution in [0.4, 0.5) is 0 Å². The van der Waals surface area contributed by atoms with Crippen LogP contribution < -0.4 is 15.6 Å². The first-order chi connectivity index (χ1) is 16.6. The van der Waals surface area contributed by atoms with E-state index in [0.717, 1.165) is 15.6 Å². The summed E-state index contributed by atoms with van der Waals surface area (Å²) in [5.41, 5.74) is -1.59. The molecule has 3 aromatic rings. The van der Waals surface area contributed by atoms with E-state index in [1.807, 2.05) is 80.5 Å². The number of rotatable bonds is 8. The zero-order valence-corrected chi connectivity index (χ0v) is 26.8. The Morgan fingerprint density at radius 2 is 0.694 bits per heavy atom. The number of hydrogen-bond acceptors (Lipinski definition) is 4. The molecule has 36 heavy (non-hydrogen) atoms. The van der Waals surface area contributed by atoms with Crippen molar-refractivity contribution in [2.24, 2.45) is 0 Å². The van der Waals surface area contributed by atoms with Gasteiger partial charge in [0.25, 0.3) is 0 Å². The van der Waals surface area contributed by atoms with Crippen molar-refractivity contribution in [1.29, 1.82) is 0 Å². The summed E-state index contributed by atoms with van der Waals surface area (Å²) < 4.78 is 28.2. The van der Waals surface area contributed by atoms with E-state index in [0.29, 0.717) is 0 Å². The van der Waals surface area contributed by atoms with Gasteiger partial charge in [-0.05, 0) is 0 Å². The number of benzene rings is 3. The maximum atomic E-state index is 7.59. The van der Waals surface area contributed by atoms with E-state index < -0.39 is 47.1 Å². The molecule has 3 rings (SSSR count). The monoisotopic (exact) mass is 584 g/mol. The summed E-state index contributed by atoms with van der Waals surface area (Å²) in [7, 11) is -3.14. The molecule has 0 aliphatic carbocycles. The summed E-state index contributed by atoms with van der Waals surface area (Å²) in [6.07, 6.45) is 0. The summed E-state index contributed by atoms with van der Waals surface area (Å²) in [5.74, 6) is 0. The molecule has 0 fully saturated rings. The Hall–Kier alpha value is -1.40. The van der Waals surface area contributed by atoms with E-state index in [1.54, 1.807) is 0 Å². The average Bonchev–Trinajstić information content (AvgIpc) is 2.76. The van der Waals surface area contributed by atoms with Gasteiger partial charge in [-0.1, -0.05) is 0 Å². The van der Waals surface area contributed by atoms with Gasteiger partial charge in [-0.15, -0.1) is 0 Å². The topological polar surface area (TPSA) is 36.9 Å². The normalized spacial score (nSPS) is 13.6. The second-order valence-electron chi connectivity index (χ2n) is 12.0. The zero-order valence-electron chi connectivity index (χ0n) is 23.3. The van der Waals surface area contributed by atoms with E-state index in [1.165, 1.54) is 0 Å². The second kappa shape index (κ2) is 11.1. The molecule has 0 spiro atoms. The van der Waals surface area contributed by atoms with Crippen molar-refractivity contribution in [1.82, 2.24) is 0 Å². The van der Waals surface area contributed by atoms with Crippen molar-refractivity contribution >= 4 is 23.9 Å². The fourth-order valence-electron chi connectivity index (χ4n) is 4.13. The van der Waals surface area contributed by atoms with Gasteiger partial charge in [0, 0.05) is 0 Å². The molecule has 0 radical (unpaired) electrons. The van der Waals surface area contributed by atoms with E-state index in [-0.39, 0.29) is 0 Å². The summed E-state index contributed by atoms with van der Waals surface area (Å²) in [6.45, 7) is 18.3. The molecule has 0 bridgehead atoms. The first-order valence-corrected chi connectivity index (χ1v) is 18.5. The van der Waals surface area contributed by atoms with Crippen LogP contribution in [-0.4, -0.2) is 25.1 Å². The predicted octanol–water partition coefficient (Wildman–Crippen LogP) is 5.93. The zero-order chi connectivity index (χ0) is 26.7. The minimum atomic E-state index is -4.87. The third-order valence-electron chi connectivity index (χ3n) is 5.11. The van der Waals surface area contributed by atoms with Crippen molar-refractivity contribution in [3.8, 4) is 0 Å². The predicted molar refractivity (Wildman–Crippen MR) is 148 cm³/mol. The van der Waals surface area contributed by atoms with Gasteiger partial charge in [0.1, 0.15) is 0 Å². The van der Waals surface area contributed by atoms with Gasteiger partial charge >= 0.3 is 227 Å². The van der Waals surface area contributed by atoms with Crippen LogP contribution in [0.1, 0.15) is 62.3 Å². The van der Waals surface area contributed by atoms with Crippen LogP contribution in [0.15, 0.2) is 91.0 Å². The third kappa shape index (κ3) is 7.80. The van der Waals surface area contributed by atoms with Crippen LogP contribution in [0, 0.1) is 0 Å². The van der Waals surface area contributed by atoms with Gasteiger partial charge in [0.05, 0.1) is 0 Å². The van der Waals surface area contributed by atoms with Crippen molar-refractivity contribution in [2.45, 2.75) is 79.1 Å². The fourth-order valence-corrected chi connectivity index (χ4v) is 20.1. The van der Waals surface area contributed by atoms with Crippen molar-refractivity contribution < 1.29 is 33.0 Å². The molecule has 194 valence electrons.